The zero-order valence-electron chi connectivity index (χ0n) is 13.1. The van der Waals surface area contributed by atoms with Crippen LogP contribution in [0.2, 0.25) is 0 Å². The maximum atomic E-state index is 5.87. The smallest absolute Gasteiger partial charge is 0.139 e. The monoisotopic (exact) mass is 285 g/mol. The maximum Gasteiger partial charge on any atom is 0.139 e. The van der Waals surface area contributed by atoms with Crippen molar-refractivity contribution >= 4 is 5.82 Å². The molecule has 0 aliphatic carbocycles. The van der Waals surface area contributed by atoms with Crippen LogP contribution in [-0.4, -0.2) is 4.98 Å². The summed E-state index contributed by atoms with van der Waals surface area (Å²) in [6.45, 7) is 9.20. The normalized spacial score (nSPS) is 11.3. The lowest BCUT2D eigenvalue weighted by atomic mass is 9.86. The van der Waals surface area contributed by atoms with Gasteiger partial charge in [-0.2, -0.15) is 0 Å². The van der Waals surface area contributed by atoms with Gasteiger partial charge in [0.1, 0.15) is 18.2 Å². The molecule has 0 atom stereocenters. The van der Waals surface area contributed by atoms with E-state index < -0.39 is 0 Å². The van der Waals surface area contributed by atoms with Crippen molar-refractivity contribution in [3.63, 3.8) is 0 Å². The Morgan fingerprint density at radius 3 is 2.48 bits per heavy atom. The topological polar surface area (TPSA) is 60.2 Å². The van der Waals surface area contributed by atoms with Crippen molar-refractivity contribution < 1.29 is 4.74 Å². The quantitative estimate of drug-likeness (QED) is 0.666. The van der Waals surface area contributed by atoms with E-state index in [1.54, 1.807) is 6.20 Å². The lowest BCUT2D eigenvalue weighted by molar-refractivity contribution is 0.303. The number of anilines is 1. The SMILES string of the molecule is Cc1cc(C(C)(C)C)ccc1OCc1ccc(NN)nc1. The summed E-state index contributed by atoms with van der Waals surface area (Å²) >= 11 is 0. The third kappa shape index (κ3) is 3.95. The summed E-state index contributed by atoms with van der Waals surface area (Å²) in [5.74, 6) is 6.84. The van der Waals surface area contributed by atoms with Crippen LogP contribution in [-0.2, 0) is 12.0 Å². The highest BCUT2D eigenvalue weighted by Gasteiger charge is 2.14. The van der Waals surface area contributed by atoms with Gasteiger partial charge in [0.2, 0.25) is 0 Å². The Labute approximate surface area is 126 Å². The van der Waals surface area contributed by atoms with Crippen molar-refractivity contribution in [3.05, 3.63) is 53.2 Å². The van der Waals surface area contributed by atoms with Gasteiger partial charge in [-0.25, -0.2) is 10.8 Å². The van der Waals surface area contributed by atoms with Crippen LogP contribution in [0.15, 0.2) is 36.5 Å². The number of aromatic nitrogens is 1. The number of hydrazine groups is 1. The predicted octanol–water partition coefficient (Wildman–Crippen LogP) is 3.55. The maximum absolute atomic E-state index is 5.87. The lowest BCUT2D eigenvalue weighted by Crippen LogP contribution is -2.11. The van der Waals surface area contributed by atoms with Crippen molar-refractivity contribution in [1.29, 1.82) is 0 Å². The van der Waals surface area contributed by atoms with Crippen molar-refractivity contribution in [2.45, 2.75) is 39.7 Å². The standard InChI is InChI=1S/C17H23N3O/c1-12-9-14(17(2,3)4)6-7-15(12)21-11-13-5-8-16(20-18)19-10-13/h5-10H,11,18H2,1-4H3,(H,19,20). The van der Waals surface area contributed by atoms with Crippen LogP contribution >= 0.6 is 0 Å². The van der Waals surface area contributed by atoms with E-state index in [0.717, 1.165) is 16.9 Å². The van der Waals surface area contributed by atoms with Gasteiger partial charge >= 0.3 is 0 Å². The van der Waals surface area contributed by atoms with E-state index in [9.17, 15) is 0 Å². The summed E-state index contributed by atoms with van der Waals surface area (Å²) < 4.78 is 5.87. The van der Waals surface area contributed by atoms with Gasteiger partial charge in [-0.3, -0.25) is 0 Å². The second kappa shape index (κ2) is 6.14. The van der Waals surface area contributed by atoms with E-state index in [2.05, 4.69) is 50.2 Å². The highest BCUT2D eigenvalue weighted by atomic mass is 16.5. The molecule has 112 valence electrons. The molecule has 4 nitrogen and oxygen atoms in total. The lowest BCUT2D eigenvalue weighted by Gasteiger charge is -2.20. The van der Waals surface area contributed by atoms with Gasteiger partial charge in [0.25, 0.3) is 0 Å². The van der Waals surface area contributed by atoms with E-state index in [0.29, 0.717) is 12.4 Å². The summed E-state index contributed by atoms with van der Waals surface area (Å²) in [5.41, 5.74) is 6.13. The van der Waals surface area contributed by atoms with Crippen molar-refractivity contribution in [2.24, 2.45) is 5.84 Å². The van der Waals surface area contributed by atoms with Gasteiger partial charge < -0.3 is 10.2 Å². The molecule has 0 spiro atoms. The predicted molar refractivity (Wildman–Crippen MR) is 86.3 cm³/mol. The number of nitrogens with zero attached hydrogens (tertiary/aromatic N) is 1. The molecule has 2 aromatic rings. The minimum atomic E-state index is 0.151. The number of nitrogen functional groups attached to an aromatic ring is 1. The van der Waals surface area contributed by atoms with Crippen LogP contribution < -0.4 is 16.0 Å². The fourth-order valence-electron chi connectivity index (χ4n) is 2.03. The zero-order valence-corrected chi connectivity index (χ0v) is 13.1. The fourth-order valence-corrected chi connectivity index (χ4v) is 2.03. The van der Waals surface area contributed by atoms with Crippen molar-refractivity contribution in [2.75, 3.05) is 5.43 Å². The molecule has 0 unspecified atom stereocenters. The number of pyridine rings is 1. The van der Waals surface area contributed by atoms with Gasteiger partial charge in [0.05, 0.1) is 0 Å². The second-order valence-electron chi connectivity index (χ2n) is 6.21. The number of rotatable bonds is 4. The molecule has 0 fully saturated rings. The van der Waals surface area contributed by atoms with Gasteiger partial charge in [0.15, 0.2) is 0 Å². The van der Waals surface area contributed by atoms with Crippen LogP contribution in [0.25, 0.3) is 0 Å². The third-order valence-corrected chi connectivity index (χ3v) is 3.41. The summed E-state index contributed by atoms with van der Waals surface area (Å²) in [6.07, 6.45) is 1.76. The first-order valence-corrected chi connectivity index (χ1v) is 7.05. The Bertz CT molecular complexity index is 600. The van der Waals surface area contributed by atoms with Crippen molar-refractivity contribution in [3.8, 4) is 5.75 Å². The molecule has 3 N–H and O–H groups in total. The minimum absolute atomic E-state index is 0.151. The molecule has 1 aromatic carbocycles. The molecule has 2 rings (SSSR count). The van der Waals surface area contributed by atoms with Crippen LogP contribution in [0.4, 0.5) is 5.82 Å². The van der Waals surface area contributed by atoms with E-state index in [1.165, 1.54) is 5.56 Å². The first kappa shape index (κ1) is 15.3. The molecule has 0 bridgehead atoms. The number of benzene rings is 1. The number of aryl methyl sites for hydroxylation is 1. The molecule has 21 heavy (non-hydrogen) atoms. The van der Waals surface area contributed by atoms with Crippen LogP contribution in [0.3, 0.4) is 0 Å². The first-order chi connectivity index (χ1) is 9.90. The summed E-state index contributed by atoms with van der Waals surface area (Å²) in [4.78, 5) is 4.16. The Kier molecular flexibility index (Phi) is 4.48. The molecule has 0 amide bonds. The minimum Gasteiger partial charge on any atom is -0.489 e. The van der Waals surface area contributed by atoms with Crippen molar-refractivity contribution in [1.82, 2.24) is 4.98 Å². The molecule has 0 aliphatic rings. The third-order valence-electron chi connectivity index (χ3n) is 3.41. The first-order valence-electron chi connectivity index (χ1n) is 7.05. The Hall–Kier alpha value is -2.07. The van der Waals surface area contributed by atoms with Gasteiger partial charge in [-0.05, 0) is 35.6 Å². The number of nitrogens with one attached hydrogen (secondary N) is 1. The Morgan fingerprint density at radius 2 is 1.95 bits per heavy atom. The molecule has 0 saturated heterocycles. The molecule has 0 aliphatic heterocycles. The van der Waals surface area contributed by atoms with Crippen LogP contribution in [0.1, 0.15) is 37.5 Å². The average molecular weight is 285 g/mol. The molecular formula is C17H23N3O. The molecule has 0 saturated carbocycles. The van der Waals surface area contributed by atoms with Crippen LogP contribution in [0.5, 0.6) is 5.75 Å². The average Bonchev–Trinajstić information content (AvgIpc) is 2.45. The Balaban J connectivity index is 2.06. The summed E-state index contributed by atoms with van der Waals surface area (Å²) in [6, 6.07) is 10.1. The van der Waals surface area contributed by atoms with E-state index in [1.807, 2.05) is 18.2 Å². The van der Waals surface area contributed by atoms with E-state index >= 15 is 0 Å². The largest absolute Gasteiger partial charge is 0.489 e. The zero-order chi connectivity index (χ0) is 15.5. The summed E-state index contributed by atoms with van der Waals surface area (Å²) in [7, 11) is 0. The fraction of sp³-hybridized carbons (Fsp3) is 0.353. The summed E-state index contributed by atoms with van der Waals surface area (Å²) in [5, 5.41) is 0. The Morgan fingerprint density at radius 1 is 1.19 bits per heavy atom. The van der Waals surface area contributed by atoms with Crippen LogP contribution in [0, 0.1) is 6.92 Å². The highest BCUT2D eigenvalue weighted by Crippen LogP contribution is 2.27. The van der Waals surface area contributed by atoms with Gasteiger partial charge in [-0.15, -0.1) is 0 Å². The van der Waals surface area contributed by atoms with Gasteiger partial charge in [-0.1, -0.05) is 39.0 Å². The van der Waals surface area contributed by atoms with Gasteiger partial charge in [0, 0.05) is 11.8 Å². The molecule has 0 radical (unpaired) electrons. The highest BCUT2D eigenvalue weighted by molar-refractivity contribution is 5.39. The molecule has 4 heteroatoms. The van der Waals surface area contributed by atoms with E-state index in [-0.39, 0.29) is 5.41 Å². The molecule has 1 aromatic heterocycles. The molecule has 1 heterocycles. The number of nitrogens with two attached hydrogens (primary N) is 1. The van der Waals surface area contributed by atoms with E-state index in [4.69, 9.17) is 10.6 Å². The number of ether oxygens (including phenoxy) is 1. The second-order valence-corrected chi connectivity index (χ2v) is 6.21. The number of hydrogen-bond donors (Lipinski definition) is 2. The molecular weight excluding hydrogens is 262 g/mol. The number of hydrogen-bond acceptors (Lipinski definition) is 4.